The van der Waals surface area contributed by atoms with Crippen molar-refractivity contribution < 1.29 is 14.4 Å². The first-order chi connectivity index (χ1) is 14.0. The van der Waals surface area contributed by atoms with Crippen molar-refractivity contribution in [2.45, 2.75) is 13.5 Å². The van der Waals surface area contributed by atoms with E-state index in [1.54, 1.807) is 31.5 Å². The van der Waals surface area contributed by atoms with Gasteiger partial charge in [-0.05, 0) is 66.1 Å². The normalized spacial score (nSPS) is 10.9. The van der Waals surface area contributed by atoms with Crippen LogP contribution in [0.5, 0.6) is 11.5 Å². The van der Waals surface area contributed by atoms with Gasteiger partial charge in [-0.3, -0.25) is 15.1 Å². The van der Waals surface area contributed by atoms with Gasteiger partial charge in [0, 0.05) is 23.4 Å². The van der Waals surface area contributed by atoms with Gasteiger partial charge in [0.05, 0.1) is 17.7 Å². The summed E-state index contributed by atoms with van der Waals surface area (Å²) in [5, 5.41) is 11.4. The maximum Gasteiger partial charge on any atom is 0.269 e. The summed E-state index contributed by atoms with van der Waals surface area (Å²) in [6, 6.07) is 17.3. The minimum absolute atomic E-state index is 0.0462. The number of hydrogen-bond acceptors (Lipinski definition) is 5. The number of nitrogens with zero attached hydrogens (tertiary/aromatic N) is 2. The summed E-state index contributed by atoms with van der Waals surface area (Å²) in [6.45, 7) is 2.24. The molecule has 0 aromatic heterocycles. The fourth-order valence-corrected chi connectivity index (χ4v) is 2.79. The van der Waals surface area contributed by atoms with Crippen molar-refractivity contribution in [2.24, 2.45) is 4.99 Å². The average Bonchev–Trinajstić information content (AvgIpc) is 2.73. The highest BCUT2D eigenvalue weighted by Gasteiger charge is 2.08. The van der Waals surface area contributed by atoms with Crippen molar-refractivity contribution in [3.05, 3.63) is 92.5 Å². The molecule has 0 atom stereocenters. The summed E-state index contributed by atoms with van der Waals surface area (Å²) in [5.74, 6) is 1.14. The summed E-state index contributed by atoms with van der Waals surface area (Å²) in [7, 11) is 1.57. The Morgan fingerprint density at radius 1 is 1.07 bits per heavy atom. The molecule has 0 amide bonds. The first-order valence-electron chi connectivity index (χ1n) is 8.80. The van der Waals surface area contributed by atoms with Crippen molar-refractivity contribution in [3.8, 4) is 11.5 Å². The van der Waals surface area contributed by atoms with E-state index in [2.05, 4.69) is 4.99 Å². The highest BCUT2D eigenvalue weighted by atomic mass is 35.5. The predicted octanol–water partition coefficient (Wildman–Crippen LogP) is 5.89. The van der Waals surface area contributed by atoms with E-state index in [1.165, 1.54) is 12.1 Å². The van der Waals surface area contributed by atoms with E-state index in [4.69, 9.17) is 21.1 Å². The lowest BCUT2D eigenvalue weighted by atomic mass is 10.2. The second-order valence-corrected chi connectivity index (χ2v) is 6.75. The molecule has 0 aliphatic rings. The van der Waals surface area contributed by atoms with Crippen LogP contribution in [-0.4, -0.2) is 18.2 Å². The third-order valence-electron chi connectivity index (χ3n) is 4.25. The molecule has 0 fully saturated rings. The molecule has 3 rings (SSSR count). The molecule has 0 unspecified atom stereocenters. The van der Waals surface area contributed by atoms with Gasteiger partial charge >= 0.3 is 0 Å². The van der Waals surface area contributed by atoms with Gasteiger partial charge in [-0.25, -0.2) is 0 Å². The van der Waals surface area contributed by atoms with E-state index in [0.717, 1.165) is 22.4 Å². The van der Waals surface area contributed by atoms with Gasteiger partial charge in [0.25, 0.3) is 5.69 Å². The number of benzene rings is 3. The zero-order valence-corrected chi connectivity index (χ0v) is 16.7. The minimum Gasteiger partial charge on any atom is -0.493 e. The van der Waals surface area contributed by atoms with Crippen LogP contribution in [0.25, 0.3) is 0 Å². The number of hydrogen-bond donors (Lipinski definition) is 0. The molecule has 0 aliphatic heterocycles. The van der Waals surface area contributed by atoms with Crippen molar-refractivity contribution >= 4 is 29.2 Å². The van der Waals surface area contributed by atoms with Crippen molar-refractivity contribution in [2.75, 3.05) is 7.11 Å². The molecule has 0 saturated carbocycles. The lowest BCUT2D eigenvalue weighted by molar-refractivity contribution is -0.384. The van der Waals surface area contributed by atoms with Crippen LogP contribution < -0.4 is 9.47 Å². The van der Waals surface area contributed by atoms with E-state index < -0.39 is 4.92 Å². The minimum atomic E-state index is -0.432. The summed E-state index contributed by atoms with van der Waals surface area (Å²) in [4.78, 5) is 14.8. The molecular formula is C22H19ClN2O4. The molecule has 0 saturated heterocycles. The number of nitro benzene ring substituents is 1. The number of non-ortho nitro benzene ring substituents is 1. The van der Waals surface area contributed by atoms with Gasteiger partial charge in [-0.15, -0.1) is 0 Å². The Morgan fingerprint density at radius 3 is 2.52 bits per heavy atom. The van der Waals surface area contributed by atoms with Gasteiger partial charge in [-0.1, -0.05) is 17.7 Å². The van der Waals surface area contributed by atoms with Crippen LogP contribution in [0.4, 0.5) is 11.4 Å². The summed E-state index contributed by atoms with van der Waals surface area (Å²) < 4.78 is 11.2. The smallest absolute Gasteiger partial charge is 0.269 e. The van der Waals surface area contributed by atoms with E-state index >= 15 is 0 Å². The Hall–Kier alpha value is -3.38. The maximum atomic E-state index is 10.7. The monoisotopic (exact) mass is 410 g/mol. The average molecular weight is 411 g/mol. The highest BCUT2D eigenvalue weighted by Crippen LogP contribution is 2.29. The molecule has 7 heteroatoms. The molecule has 0 aliphatic carbocycles. The third kappa shape index (κ3) is 5.33. The molecule has 0 bridgehead atoms. The third-order valence-corrected chi connectivity index (χ3v) is 4.49. The SMILES string of the molecule is COc1cc(C=Nc2cc(Cl)ccc2C)ccc1OCc1ccc([N+](=O)[O-])cc1. The van der Waals surface area contributed by atoms with Gasteiger partial charge in [-0.2, -0.15) is 0 Å². The molecule has 148 valence electrons. The van der Waals surface area contributed by atoms with Crippen LogP contribution in [0, 0.1) is 17.0 Å². The molecule has 0 radical (unpaired) electrons. The Kier molecular flexibility index (Phi) is 6.46. The second kappa shape index (κ2) is 9.21. The molecule has 3 aromatic carbocycles. The van der Waals surface area contributed by atoms with Crippen molar-refractivity contribution in [1.29, 1.82) is 0 Å². The number of aliphatic imine (C=N–C) groups is 1. The predicted molar refractivity (Wildman–Crippen MR) is 114 cm³/mol. The van der Waals surface area contributed by atoms with Crippen LogP contribution >= 0.6 is 11.6 Å². The number of rotatable bonds is 7. The van der Waals surface area contributed by atoms with E-state index in [0.29, 0.717) is 16.5 Å². The Balaban J connectivity index is 1.72. The zero-order valence-electron chi connectivity index (χ0n) is 16.0. The van der Waals surface area contributed by atoms with Crippen LogP contribution in [0.3, 0.4) is 0 Å². The molecule has 0 spiro atoms. The lowest BCUT2D eigenvalue weighted by Crippen LogP contribution is -1.99. The van der Waals surface area contributed by atoms with Crippen LogP contribution in [0.2, 0.25) is 5.02 Å². The van der Waals surface area contributed by atoms with Gasteiger partial charge in [0.1, 0.15) is 6.61 Å². The lowest BCUT2D eigenvalue weighted by Gasteiger charge is -2.11. The van der Waals surface area contributed by atoms with Crippen molar-refractivity contribution in [1.82, 2.24) is 0 Å². The molecular weight excluding hydrogens is 392 g/mol. The topological polar surface area (TPSA) is 74.0 Å². The first-order valence-corrected chi connectivity index (χ1v) is 9.18. The van der Waals surface area contributed by atoms with Crippen LogP contribution in [0.1, 0.15) is 16.7 Å². The van der Waals surface area contributed by atoms with E-state index in [-0.39, 0.29) is 12.3 Å². The number of aryl methyl sites for hydroxylation is 1. The largest absolute Gasteiger partial charge is 0.493 e. The summed E-state index contributed by atoms with van der Waals surface area (Å²) >= 11 is 6.03. The van der Waals surface area contributed by atoms with Crippen LogP contribution in [0.15, 0.2) is 65.7 Å². The second-order valence-electron chi connectivity index (χ2n) is 6.31. The standard InChI is InChI=1S/C22H19ClN2O4/c1-15-3-7-18(23)12-20(15)24-13-17-6-10-21(22(11-17)28-2)29-14-16-4-8-19(9-5-16)25(26)27/h3-13H,14H2,1-2H3. The van der Waals surface area contributed by atoms with Gasteiger partial charge in [0.15, 0.2) is 11.5 Å². The maximum absolute atomic E-state index is 10.7. The number of nitro groups is 1. The molecule has 0 heterocycles. The van der Waals surface area contributed by atoms with Gasteiger partial charge < -0.3 is 9.47 Å². The Morgan fingerprint density at radius 2 is 1.83 bits per heavy atom. The summed E-state index contributed by atoms with van der Waals surface area (Å²) in [6.07, 6.45) is 1.74. The van der Waals surface area contributed by atoms with E-state index in [9.17, 15) is 10.1 Å². The number of methoxy groups -OCH3 is 1. The molecule has 6 nitrogen and oxygen atoms in total. The Labute approximate surface area is 173 Å². The number of ether oxygens (including phenoxy) is 2. The number of halogens is 1. The molecule has 0 N–H and O–H groups in total. The first kappa shape index (κ1) is 20.4. The highest BCUT2D eigenvalue weighted by molar-refractivity contribution is 6.30. The van der Waals surface area contributed by atoms with E-state index in [1.807, 2.05) is 37.3 Å². The fourth-order valence-electron chi connectivity index (χ4n) is 2.62. The molecule has 29 heavy (non-hydrogen) atoms. The Bertz CT molecular complexity index is 1050. The summed E-state index contributed by atoms with van der Waals surface area (Å²) in [5.41, 5.74) is 3.55. The van der Waals surface area contributed by atoms with Crippen LogP contribution in [-0.2, 0) is 6.61 Å². The van der Waals surface area contributed by atoms with Crippen molar-refractivity contribution in [3.63, 3.8) is 0 Å². The zero-order chi connectivity index (χ0) is 20.8. The molecule has 3 aromatic rings. The quantitative estimate of drug-likeness (QED) is 0.276. The van der Waals surface area contributed by atoms with Gasteiger partial charge in [0.2, 0.25) is 0 Å². The fraction of sp³-hybridized carbons (Fsp3) is 0.136.